The lowest BCUT2D eigenvalue weighted by Crippen LogP contribution is -2.28. The van der Waals surface area contributed by atoms with E-state index < -0.39 is 0 Å². The first-order valence-electron chi connectivity index (χ1n) is 6.95. The van der Waals surface area contributed by atoms with E-state index in [1.807, 2.05) is 18.2 Å². The van der Waals surface area contributed by atoms with Gasteiger partial charge < -0.3 is 9.80 Å². The van der Waals surface area contributed by atoms with Crippen LogP contribution in [0.1, 0.15) is 6.42 Å². The number of likely N-dealkylation sites (tertiary alicyclic amines) is 1. The van der Waals surface area contributed by atoms with E-state index >= 15 is 0 Å². The van der Waals surface area contributed by atoms with Crippen LogP contribution in [0.4, 0.5) is 5.82 Å². The Balaban J connectivity index is 1.88. The fourth-order valence-corrected chi connectivity index (χ4v) is 3.14. The molecule has 0 bridgehead atoms. The number of anilines is 1. The third kappa shape index (κ3) is 2.72. The minimum absolute atomic E-state index is 0.314. The van der Waals surface area contributed by atoms with Crippen molar-refractivity contribution < 1.29 is 0 Å². The van der Waals surface area contributed by atoms with Gasteiger partial charge in [-0.15, -0.1) is 0 Å². The summed E-state index contributed by atoms with van der Waals surface area (Å²) in [6.45, 7) is 3.34. The second kappa shape index (κ2) is 5.54. The van der Waals surface area contributed by atoms with Crippen LogP contribution in [-0.2, 0) is 0 Å². The lowest BCUT2D eigenvalue weighted by molar-refractivity contribution is 0.395. The van der Waals surface area contributed by atoms with Crippen molar-refractivity contribution in [2.24, 2.45) is 5.92 Å². The number of para-hydroxylation sites is 1. The van der Waals surface area contributed by atoms with E-state index in [0.29, 0.717) is 11.2 Å². The van der Waals surface area contributed by atoms with Crippen LogP contribution in [0, 0.1) is 5.92 Å². The monoisotopic (exact) mass is 290 g/mol. The average Bonchev–Trinajstić information content (AvgIpc) is 2.83. The van der Waals surface area contributed by atoms with E-state index in [4.69, 9.17) is 11.6 Å². The number of hydrogen-bond donors (Lipinski definition) is 0. The zero-order valence-corrected chi connectivity index (χ0v) is 12.6. The van der Waals surface area contributed by atoms with Crippen molar-refractivity contribution in [3.8, 4) is 0 Å². The minimum Gasteiger partial charge on any atom is -0.359 e. The number of halogens is 1. The highest BCUT2D eigenvalue weighted by Crippen LogP contribution is 2.26. The molecule has 0 radical (unpaired) electrons. The number of rotatable bonds is 3. The fourth-order valence-electron chi connectivity index (χ4n) is 2.97. The summed E-state index contributed by atoms with van der Waals surface area (Å²) in [5.41, 5.74) is 0.901. The molecule has 2 heterocycles. The second-order valence-corrected chi connectivity index (χ2v) is 5.97. The van der Waals surface area contributed by atoms with Crippen molar-refractivity contribution in [1.82, 2.24) is 14.9 Å². The largest absolute Gasteiger partial charge is 0.359 e. The molecule has 0 spiro atoms. The molecule has 1 unspecified atom stereocenters. The van der Waals surface area contributed by atoms with Gasteiger partial charge in [0.25, 0.3) is 0 Å². The molecule has 1 aliphatic rings. The predicted octanol–water partition coefficient (Wildman–Crippen LogP) is 2.67. The van der Waals surface area contributed by atoms with Gasteiger partial charge in [0.15, 0.2) is 0 Å². The Hall–Kier alpha value is -1.39. The van der Waals surface area contributed by atoms with Crippen LogP contribution >= 0.6 is 11.6 Å². The van der Waals surface area contributed by atoms with E-state index in [2.05, 4.69) is 39.9 Å². The predicted molar refractivity (Wildman–Crippen MR) is 83.4 cm³/mol. The van der Waals surface area contributed by atoms with Crippen LogP contribution in [0.5, 0.6) is 0 Å². The molecule has 1 aromatic carbocycles. The maximum Gasteiger partial charge on any atom is 0.224 e. The van der Waals surface area contributed by atoms with Gasteiger partial charge in [-0.3, -0.25) is 0 Å². The number of nitrogens with zero attached hydrogens (tertiary/aromatic N) is 4. The summed E-state index contributed by atoms with van der Waals surface area (Å²) in [5.74, 6) is 1.62. The van der Waals surface area contributed by atoms with Crippen LogP contribution in [0.2, 0.25) is 5.28 Å². The van der Waals surface area contributed by atoms with Gasteiger partial charge in [0.1, 0.15) is 5.82 Å². The fraction of sp³-hybridized carbons (Fsp3) is 0.467. The Morgan fingerprint density at radius 3 is 2.90 bits per heavy atom. The first-order valence-corrected chi connectivity index (χ1v) is 7.33. The van der Waals surface area contributed by atoms with E-state index in [1.165, 1.54) is 13.0 Å². The van der Waals surface area contributed by atoms with Gasteiger partial charge in [-0.25, -0.2) is 4.98 Å². The van der Waals surface area contributed by atoms with E-state index in [1.54, 1.807) is 0 Å². The third-order valence-corrected chi connectivity index (χ3v) is 4.11. The maximum absolute atomic E-state index is 6.05. The van der Waals surface area contributed by atoms with Crippen LogP contribution in [-0.4, -0.2) is 48.6 Å². The summed E-state index contributed by atoms with van der Waals surface area (Å²) < 4.78 is 0. The van der Waals surface area contributed by atoms with E-state index in [-0.39, 0.29) is 0 Å². The molecular formula is C15H19ClN4. The molecule has 1 saturated heterocycles. The van der Waals surface area contributed by atoms with Crippen molar-refractivity contribution >= 4 is 28.3 Å². The third-order valence-electron chi connectivity index (χ3n) is 3.94. The molecule has 1 atom stereocenters. The zero-order valence-electron chi connectivity index (χ0n) is 11.9. The molecule has 5 heteroatoms. The standard InChI is InChI=1S/C15H19ClN4/c1-19-8-7-11(9-19)10-20(2)14-12-5-3-4-6-13(12)17-15(16)18-14/h3-6,11H,7-10H2,1-2H3. The van der Waals surface area contributed by atoms with Crippen LogP contribution in [0.25, 0.3) is 10.9 Å². The number of aromatic nitrogens is 2. The van der Waals surface area contributed by atoms with Gasteiger partial charge in [0, 0.05) is 25.5 Å². The van der Waals surface area contributed by atoms with Gasteiger partial charge in [0.05, 0.1) is 5.52 Å². The Morgan fingerprint density at radius 1 is 1.35 bits per heavy atom. The average molecular weight is 291 g/mol. The highest BCUT2D eigenvalue weighted by molar-refractivity contribution is 6.28. The van der Waals surface area contributed by atoms with Crippen molar-refractivity contribution in [3.63, 3.8) is 0 Å². The summed E-state index contributed by atoms with van der Waals surface area (Å²) in [4.78, 5) is 13.3. The Kier molecular flexibility index (Phi) is 3.76. The number of fused-ring (bicyclic) bond motifs is 1. The van der Waals surface area contributed by atoms with Gasteiger partial charge in [-0.2, -0.15) is 4.98 Å². The molecule has 1 aromatic heterocycles. The lowest BCUT2D eigenvalue weighted by atomic mass is 10.1. The molecule has 4 nitrogen and oxygen atoms in total. The molecule has 1 fully saturated rings. The molecule has 2 aromatic rings. The summed E-state index contributed by atoms with van der Waals surface area (Å²) in [6, 6.07) is 8.02. The maximum atomic E-state index is 6.05. The molecule has 20 heavy (non-hydrogen) atoms. The molecular weight excluding hydrogens is 272 g/mol. The summed E-state index contributed by atoms with van der Waals surface area (Å²) in [6.07, 6.45) is 1.25. The normalized spacial score (nSPS) is 19.6. The van der Waals surface area contributed by atoms with Crippen LogP contribution in [0.3, 0.4) is 0 Å². The van der Waals surface area contributed by atoms with Gasteiger partial charge >= 0.3 is 0 Å². The van der Waals surface area contributed by atoms with Crippen molar-refractivity contribution in [1.29, 1.82) is 0 Å². The number of benzene rings is 1. The highest BCUT2D eigenvalue weighted by Gasteiger charge is 2.22. The van der Waals surface area contributed by atoms with Gasteiger partial charge in [-0.1, -0.05) is 12.1 Å². The SMILES string of the molecule is CN1CCC(CN(C)c2nc(Cl)nc3ccccc23)C1. The number of hydrogen-bond acceptors (Lipinski definition) is 4. The second-order valence-electron chi connectivity index (χ2n) is 5.63. The molecule has 3 rings (SSSR count). The first-order chi connectivity index (χ1) is 9.63. The minimum atomic E-state index is 0.314. The van der Waals surface area contributed by atoms with Gasteiger partial charge in [0.2, 0.25) is 5.28 Å². The molecule has 0 saturated carbocycles. The van der Waals surface area contributed by atoms with Crippen molar-refractivity contribution in [3.05, 3.63) is 29.5 Å². The summed E-state index contributed by atoms with van der Waals surface area (Å²) >= 11 is 6.05. The lowest BCUT2D eigenvalue weighted by Gasteiger charge is -2.23. The topological polar surface area (TPSA) is 32.3 Å². The smallest absolute Gasteiger partial charge is 0.224 e. The molecule has 1 aliphatic heterocycles. The Morgan fingerprint density at radius 2 is 2.15 bits per heavy atom. The van der Waals surface area contributed by atoms with Crippen molar-refractivity contribution in [2.75, 3.05) is 38.6 Å². The summed E-state index contributed by atoms with van der Waals surface area (Å²) in [7, 11) is 4.26. The van der Waals surface area contributed by atoms with E-state index in [9.17, 15) is 0 Å². The van der Waals surface area contributed by atoms with Crippen LogP contribution in [0.15, 0.2) is 24.3 Å². The molecule has 0 aliphatic carbocycles. The Labute approximate surface area is 124 Å². The first kappa shape index (κ1) is 13.6. The van der Waals surface area contributed by atoms with Crippen molar-refractivity contribution in [2.45, 2.75) is 6.42 Å². The quantitative estimate of drug-likeness (QED) is 0.814. The molecule has 106 valence electrons. The van der Waals surface area contributed by atoms with Crippen LogP contribution < -0.4 is 4.90 Å². The molecule has 0 N–H and O–H groups in total. The highest BCUT2D eigenvalue weighted by atomic mass is 35.5. The molecule has 0 amide bonds. The van der Waals surface area contributed by atoms with Gasteiger partial charge in [-0.05, 0) is 49.7 Å². The zero-order chi connectivity index (χ0) is 14.1. The van der Waals surface area contributed by atoms with E-state index in [0.717, 1.165) is 29.8 Å². The summed E-state index contributed by atoms with van der Waals surface area (Å²) in [5, 5.41) is 1.37. The Bertz CT molecular complexity index is 616.